The third-order valence-corrected chi connectivity index (χ3v) is 7.89. The van der Waals surface area contributed by atoms with Gasteiger partial charge in [0.1, 0.15) is 6.04 Å². The SMILES string of the molecule is O=C1CCC(N2C(=O)c3cccc4c(NC(=O)CCCCCCNC5CCCCC5)ccc2c34)C(=O)N1. The van der Waals surface area contributed by atoms with Gasteiger partial charge in [0, 0.05) is 40.9 Å². The van der Waals surface area contributed by atoms with E-state index in [0.717, 1.165) is 43.0 Å². The Morgan fingerprint density at radius 3 is 2.57 bits per heavy atom. The number of anilines is 2. The van der Waals surface area contributed by atoms with E-state index in [-0.39, 0.29) is 24.1 Å². The lowest BCUT2D eigenvalue weighted by Crippen LogP contribution is -2.53. The summed E-state index contributed by atoms with van der Waals surface area (Å²) in [4.78, 5) is 51.5. The van der Waals surface area contributed by atoms with Gasteiger partial charge in [0.25, 0.3) is 5.91 Å². The molecule has 5 rings (SSSR count). The summed E-state index contributed by atoms with van der Waals surface area (Å²) in [5.74, 6) is -1.05. The first-order valence-corrected chi connectivity index (χ1v) is 13.8. The zero-order valence-corrected chi connectivity index (χ0v) is 21.3. The smallest absolute Gasteiger partial charge is 0.259 e. The predicted octanol–water partition coefficient (Wildman–Crippen LogP) is 4.42. The Hall–Kier alpha value is -3.26. The molecule has 0 bridgehead atoms. The van der Waals surface area contributed by atoms with E-state index in [1.165, 1.54) is 37.0 Å². The lowest BCUT2D eigenvalue weighted by atomic mass is 9.95. The Bertz CT molecular complexity index is 1200. The molecule has 0 spiro atoms. The monoisotopic (exact) mass is 504 g/mol. The van der Waals surface area contributed by atoms with Crippen LogP contribution >= 0.6 is 0 Å². The first kappa shape index (κ1) is 25.4. The van der Waals surface area contributed by atoms with Gasteiger partial charge >= 0.3 is 0 Å². The van der Waals surface area contributed by atoms with E-state index >= 15 is 0 Å². The van der Waals surface area contributed by atoms with Crippen molar-refractivity contribution in [3.8, 4) is 0 Å². The van der Waals surface area contributed by atoms with Crippen molar-refractivity contribution < 1.29 is 19.2 Å². The molecule has 2 aromatic rings. The summed E-state index contributed by atoms with van der Waals surface area (Å²) >= 11 is 0. The molecule has 1 saturated heterocycles. The number of hydrogen-bond acceptors (Lipinski definition) is 5. The highest BCUT2D eigenvalue weighted by atomic mass is 16.2. The third kappa shape index (κ3) is 5.54. The second kappa shape index (κ2) is 11.4. The second-order valence-electron chi connectivity index (χ2n) is 10.5. The van der Waals surface area contributed by atoms with Crippen molar-refractivity contribution in [2.24, 2.45) is 0 Å². The van der Waals surface area contributed by atoms with Gasteiger partial charge in [-0.15, -0.1) is 0 Å². The third-order valence-electron chi connectivity index (χ3n) is 7.89. The quantitative estimate of drug-likeness (QED) is 0.328. The molecule has 1 aliphatic carbocycles. The topological polar surface area (TPSA) is 108 Å². The average Bonchev–Trinajstić information content (AvgIpc) is 3.18. The van der Waals surface area contributed by atoms with Gasteiger partial charge in [0.05, 0.1) is 5.69 Å². The van der Waals surface area contributed by atoms with Gasteiger partial charge in [0.15, 0.2) is 0 Å². The maximum Gasteiger partial charge on any atom is 0.259 e. The molecule has 8 heteroatoms. The van der Waals surface area contributed by atoms with Crippen molar-refractivity contribution in [3.05, 3.63) is 35.9 Å². The number of unbranched alkanes of at least 4 members (excludes halogenated alkanes) is 3. The van der Waals surface area contributed by atoms with Crippen LogP contribution < -0.4 is 20.9 Å². The van der Waals surface area contributed by atoms with E-state index in [4.69, 9.17) is 0 Å². The molecular weight excluding hydrogens is 468 g/mol. The van der Waals surface area contributed by atoms with Gasteiger partial charge in [-0.2, -0.15) is 0 Å². The van der Waals surface area contributed by atoms with Crippen LogP contribution in [0.2, 0.25) is 0 Å². The van der Waals surface area contributed by atoms with Crippen molar-refractivity contribution in [3.63, 3.8) is 0 Å². The molecule has 4 amide bonds. The van der Waals surface area contributed by atoms with Gasteiger partial charge in [-0.25, -0.2) is 0 Å². The molecule has 3 N–H and O–H groups in total. The largest absolute Gasteiger partial charge is 0.326 e. The van der Waals surface area contributed by atoms with Crippen LogP contribution in [0.1, 0.15) is 87.4 Å². The summed E-state index contributed by atoms with van der Waals surface area (Å²) in [5, 5.41) is 10.6. The predicted molar refractivity (Wildman–Crippen MR) is 144 cm³/mol. The summed E-state index contributed by atoms with van der Waals surface area (Å²) in [6, 6.07) is 8.99. The number of benzene rings is 2. The second-order valence-corrected chi connectivity index (χ2v) is 10.5. The van der Waals surface area contributed by atoms with E-state index in [2.05, 4.69) is 16.0 Å². The standard InChI is InChI=1S/C29H36N4O4/c34-25(13-6-1-2-7-18-30-19-9-4-3-5-10-19)31-22-14-15-23-27-20(22)11-8-12-21(27)29(37)33(23)24-16-17-26(35)32-28(24)36/h8,11-12,14-15,19,24,30H,1-7,9-10,13,16-18H2,(H,31,34)(H,32,35,36). The summed E-state index contributed by atoms with van der Waals surface area (Å²) in [6.07, 6.45) is 11.8. The molecule has 2 fully saturated rings. The molecule has 0 aromatic heterocycles. The minimum Gasteiger partial charge on any atom is -0.326 e. The van der Waals surface area contributed by atoms with Gasteiger partial charge in [-0.05, 0) is 56.8 Å². The van der Waals surface area contributed by atoms with Crippen molar-refractivity contribution in [2.45, 2.75) is 89.1 Å². The highest BCUT2D eigenvalue weighted by Crippen LogP contribution is 2.42. The lowest BCUT2D eigenvalue weighted by Gasteiger charge is -2.30. The molecule has 196 valence electrons. The highest BCUT2D eigenvalue weighted by Gasteiger charge is 2.40. The Balaban J connectivity index is 1.16. The number of carbonyl (C=O) groups is 4. The van der Waals surface area contributed by atoms with E-state index in [9.17, 15) is 19.2 Å². The average molecular weight is 505 g/mol. The molecule has 1 atom stereocenters. The van der Waals surface area contributed by atoms with Gasteiger partial charge in [0.2, 0.25) is 17.7 Å². The number of nitrogens with one attached hydrogen (secondary N) is 3. The zero-order chi connectivity index (χ0) is 25.8. The van der Waals surface area contributed by atoms with Crippen LogP contribution in [0.25, 0.3) is 10.8 Å². The zero-order valence-electron chi connectivity index (χ0n) is 21.3. The number of piperidine rings is 1. The molecule has 2 aromatic carbocycles. The molecule has 0 radical (unpaired) electrons. The van der Waals surface area contributed by atoms with Crippen molar-refractivity contribution in [2.75, 3.05) is 16.8 Å². The lowest BCUT2D eigenvalue weighted by molar-refractivity contribution is -0.134. The fourth-order valence-corrected chi connectivity index (χ4v) is 5.94. The van der Waals surface area contributed by atoms with Gasteiger partial charge in [-0.3, -0.25) is 29.4 Å². The van der Waals surface area contributed by atoms with Crippen LogP contribution in [0.5, 0.6) is 0 Å². The Labute approximate surface area is 217 Å². The van der Waals surface area contributed by atoms with Crippen molar-refractivity contribution in [1.29, 1.82) is 0 Å². The maximum absolute atomic E-state index is 13.2. The van der Waals surface area contributed by atoms with Crippen LogP contribution in [-0.2, 0) is 14.4 Å². The van der Waals surface area contributed by atoms with E-state index in [0.29, 0.717) is 35.8 Å². The first-order valence-electron chi connectivity index (χ1n) is 13.8. The molecule has 1 unspecified atom stereocenters. The number of nitrogens with zero attached hydrogens (tertiary/aromatic N) is 1. The number of hydrogen-bond donors (Lipinski definition) is 3. The number of rotatable bonds is 10. The Morgan fingerprint density at radius 2 is 1.76 bits per heavy atom. The summed E-state index contributed by atoms with van der Waals surface area (Å²) in [5.41, 5.74) is 1.82. The number of amides is 4. The summed E-state index contributed by atoms with van der Waals surface area (Å²) < 4.78 is 0. The summed E-state index contributed by atoms with van der Waals surface area (Å²) in [7, 11) is 0. The molecule has 3 aliphatic rings. The minimum absolute atomic E-state index is 0.0348. The first-order chi connectivity index (χ1) is 18.0. The normalized spacial score (nSPS) is 19.9. The maximum atomic E-state index is 13.2. The van der Waals surface area contributed by atoms with Crippen LogP contribution in [0.4, 0.5) is 11.4 Å². The number of carbonyl (C=O) groups excluding carboxylic acids is 4. The molecule has 37 heavy (non-hydrogen) atoms. The summed E-state index contributed by atoms with van der Waals surface area (Å²) in [6.45, 7) is 1.06. The molecule has 8 nitrogen and oxygen atoms in total. The van der Waals surface area contributed by atoms with Crippen LogP contribution in [0, 0.1) is 0 Å². The fourth-order valence-electron chi connectivity index (χ4n) is 5.94. The van der Waals surface area contributed by atoms with Crippen LogP contribution in [-0.4, -0.2) is 42.3 Å². The van der Waals surface area contributed by atoms with Gasteiger partial charge < -0.3 is 10.6 Å². The van der Waals surface area contributed by atoms with Crippen molar-refractivity contribution >= 4 is 45.8 Å². The van der Waals surface area contributed by atoms with Crippen LogP contribution in [0.15, 0.2) is 30.3 Å². The Kier molecular flexibility index (Phi) is 7.84. The molecule has 2 aliphatic heterocycles. The molecular formula is C29H36N4O4. The highest BCUT2D eigenvalue weighted by molar-refractivity contribution is 6.28. The number of imide groups is 1. The van der Waals surface area contributed by atoms with Crippen molar-refractivity contribution in [1.82, 2.24) is 10.6 Å². The Morgan fingerprint density at radius 1 is 0.946 bits per heavy atom. The van der Waals surface area contributed by atoms with E-state index in [1.54, 1.807) is 24.3 Å². The molecule has 2 heterocycles. The molecule has 1 saturated carbocycles. The van der Waals surface area contributed by atoms with E-state index in [1.807, 2.05) is 6.07 Å². The van der Waals surface area contributed by atoms with E-state index < -0.39 is 11.9 Å². The fraction of sp³-hybridized carbons (Fsp3) is 0.517. The van der Waals surface area contributed by atoms with Crippen LogP contribution in [0.3, 0.4) is 0 Å². The minimum atomic E-state index is -0.723. The van der Waals surface area contributed by atoms with Gasteiger partial charge in [-0.1, -0.05) is 44.2 Å².